The molecule has 0 unspecified atom stereocenters. The van der Waals surface area contributed by atoms with Crippen LogP contribution in [-0.4, -0.2) is 36.7 Å². The van der Waals surface area contributed by atoms with E-state index in [4.69, 9.17) is 4.42 Å². The van der Waals surface area contributed by atoms with Crippen LogP contribution >= 0.6 is 0 Å². The van der Waals surface area contributed by atoms with Crippen molar-refractivity contribution in [2.75, 3.05) is 13.1 Å². The SMILES string of the molecule is Cc1ccccc1CNC(=O)[C@H]1CCCN(S(=O)(=O)c2ccc3[nH]c(=O)oc3c2)C1. The number of aromatic amines is 1. The number of aromatic nitrogens is 1. The lowest BCUT2D eigenvalue weighted by atomic mass is 9.98. The Bertz CT molecular complexity index is 1240. The van der Waals surface area contributed by atoms with Gasteiger partial charge in [-0.25, -0.2) is 13.2 Å². The van der Waals surface area contributed by atoms with Crippen LogP contribution in [-0.2, 0) is 21.4 Å². The highest BCUT2D eigenvalue weighted by atomic mass is 32.2. The van der Waals surface area contributed by atoms with E-state index in [1.165, 1.54) is 22.5 Å². The maximum absolute atomic E-state index is 13.1. The van der Waals surface area contributed by atoms with Gasteiger partial charge in [0.2, 0.25) is 15.9 Å². The van der Waals surface area contributed by atoms with Crippen LogP contribution in [0.4, 0.5) is 0 Å². The second-order valence-corrected chi connectivity index (χ2v) is 9.46. The first kappa shape index (κ1) is 20.4. The van der Waals surface area contributed by atoms with E-state index in [1.54, 1.807) is 0 Å². The first-order chi connectivity index (χ1) is 14.3. The van der Waals surface area contributed by atoms with E-state index >= 15 is 0 Å². The first-order valence-electron chi connectivity index (χ1n) is 9.80. The third-order valence-electron chi connectivity index (χ3n) is 5.50. The normalized spacial score (nSPS) is 17.8. The van der Waals surface area contributed by atoms with E-state index in [-0.39, 0.29) is 22.9 Å². The Labute approximate surface area is 173 Å². The molecule has 9 heteroatoms. The molecule has 1 aliphatic heterocycles. The number of amides is 1. The average molecular weight is 429 g/mol. The van der Waals surface area contributed by atoms with Gasteiger partial charge in [0.15, 0.2) is 5.58 Å². The molecule has 30 heavy (non-hydrogen) atoms. The number of oxazole rings is 1. The van der Waals surface area contributed by atoms with Crippen molar-refractivity contribution in [2.24, 2.45) is 5.92 Å². The summed E-state index contributed by atoms with van der Waals surface area (Å²) in [6.07, 6.45) is 1.24. The van der Waals surface area contributed by atoms with Crippen molar-refractivity contribution in [3.63, 3.8) is 0 Å². The van der Waals surface area contributed by atoms with E-state index in [1.807, 2.05) is 31.2 Å². The minimum Gasteiger partial charge on any atom is -0.408 e. The third-order valence-corrected chi connectivity index (χ3v) is 7.36. The lowest BCUT2D eigenvalue weighted by Crippen LogP contribution is -2.45. The molecule has 0 saturated carbocycles. The Morgan fingerprint density at radius 2 is 2.07 bits per heavy atom. The average Bonchev–Trinajstić information content (AvgIpc) is 3.12. The summed E-state index contributed by atoms with van der Waals surface area (Å²) in [6.45, 7) is 2.87. The van der Waals surface area contributed by atoms with E-state index in [0.29, 0.717) is 31.4 Å². The molecule has 158 valence electrons. The molecule has 2 heterocycles. The van der Waals surface area contributed by atoms with Gasteiger partial charge in [-0.1, -0.05) is 24.3 Å². The summed E-state index contributed by atoms with van der Waals surface area (Å²) in [5.74, 6) is -1.19. The van der Waals surface area contributed by atoms with Gasteiger partial charge in [0.1, 0.15) is 0 Å². The molecule has 1 saturated heterocycles. The van der Waals surface area contributed by atoms with Gasteiger partial charge in [-0.05, 0) is 43.0 Å². The summed E-state index contributed by atoms with van der Waals surface area (Å²) in [6, 6.07) is 12.1. The summed E-state index contributed by atoms with van der Waals surface area (Å²) in [5.41, 5.74) is 2.75. The molecule has 0 radical (unpaired) electrons. The van der Waals surface area contributed by atoms with E-state index in [0.717, 1.165) is 11.1 Å². The number of rotatable bonds is 5. The zero-order valence-corrected chi connectivity index (χ0v) is 17.4. The predicted molar refractivity (Wildman–Crippen MR) is 111 cm³/mol. The van der Waals surface area contributed by atoms with Gasteiger partial charge in [-0.15, -0.1) is 0 Å². The second kappa shape index (κ2) is 8.08. The zero-order chi connectivity index (χ0) is 21.3. The number of aryl methyl sites for hydroxylation is 1. The lowest BCUT2D eigenvalue weighted by Gasteiger charge is -2.31. The zero-order valence-electron chi connectivity index (χ0n) is 16.6. The molecule has 3 aromatic rings. The minimum atomic E-state index is -3.81. The van der Waals surface area contributed by atoms with Crippen molar-refractivity contribution in [3.8, 4) is 0 Å². The van der Waals surface area contributed by atoms with Gasteiger partial charge >= 0.3 is 5.76 Å². The Morgan fingerprint density at radius 3 is 2.87 bits per heavy atom. The molecule has 1 aromatic heterocycles. The van der Waals surface area contributed by atoms with Crippen LogP contribution in [0.3, 0.4) is 0 Å². The summed E-state index contributed by atoms with van der Waals surface area (Å²) >= 11 is 0. The summed E-state index contributed by atoms with van der Waals surface area (Å²) in [7, 11) is -3.81. The number of carbonyl (C=O) groups excluding carboxylic acids is 1. The van der Waals surface area contributed by atoms with Crippen LogP contribution in [0, 0.1) is 12.8 Å². The van der Waals surface area contributed by atoms with Crippen LogP contribution in [0.25, 0.3) is 11.1 Å². The maximum atomic E-state index is 13.1. The fourth-order valence-electron chi connectivity index (χ4n) is 3.75. The fraction of sp³-hybridized carbons (Fsp3) is 0.333. The number of H-pyrrole nitrogens is 1. The summed E-state index contributed by atoms with van der Waals surface area (Å²) in [5, 5.41) is 2.93. The summed E-state index contributed by atoms with van der Waals surface area (Å²) < 4.78 is 32.5. The quantitative estimate of drug-likeness (QED) is 0.645. The Kier molecular flexibility index (Phi) is 5.48. The highest BCUT2D eigenvalue weighted by Gasteiger charge is 2.33. The Morgan fingerprint density at radius 1 is 1.27 bits per heavy atom. The molecule has 1 fully saturated rings. The minimum absolute atomic E-state index is 0.0405. The fourth-order valence-corrected chi connectivity index (χ4v) is 5.28. The molecule has 1 atom stereocenters. The number of sulfonamides is 1. The number of nitrogens with one attached hydrogen (secondary N) is 2. The van der Waals surface area contributed by atoms with Gasteiger partial charge in [0, 0.05) is 25.7 Å². The topological polar surface area (TPSA) is 112 Å². The van der Waals surface area contributed by atoms with Crippen molar-refractivity contribution < 1.29 is 17.6 Å². The van der Waals surface area contributed by atoms with E-state index in [2.05, 4.69) is 10.3 Å². The molecule has 1 amide bonds. The van der Waals surface area contributed by atoms with Crippen molar-refractivity contribution in [1.29, 1.82) is 0 Å². The number of piperidine rings is 1. The molecule has 1 aliphatic rings. The van der Waals surface area contributed by atoms with Crippen LogP contribution in [0.2, 0.25) is 0 Å². The molecular weight excluding hydrogens is 406 g/mol. The monoisotopic (exact) mass is 429 g/mol. The number of carbonyl (C=O) groups is 1. The van der Waals surface area contributed by atoms with Crippen molar-refractivity contribution in [1.82, 2.24) is 14.6 Å². The van der Waals surface area contributed by atoms with Gasteiger partial charge in [0.25, 0.3) is 0 Å². The van der Waals surface area contributed by atoms with Crippen molar-refractivity contribution >= 4 is 27.0 Å². The van der Waals surface area contributed by atoms with Crippen LogP contribution in [0.15, 0.2) is 56.6 Å². The molecule has 2 N–H and O–H groups in total. The van der Waals surface area contributed by atoms with Crippen molar-refractivity contribution in [2.45, 2.75) is 31.2 Å². The molecule has 0 bridgehead atoms. The van der Waals surface area contributed by atoms with Crippen molar-refractivity contribution in [3.05, 3.63) is 64.1 Å². The number of hydrogen-bond donors (Lipinski definition) is 2. The predicted octanol–water partition coefficient (Wildman–Crippen LogP) is 2.15. The van der Waals surface area contributed by atoms with Crippen LogP contribution in [0.5, 0.6) is 0 Å². The Balaban J connectivity index is 1.47. The smallest absolute Gasteiger partial charge is 0.408 e. The van der Waals surface area contributed by atoms with Gasteiger partial charge in [-0.3, -0.25) is 9.78 Å². The van der Waals surface area contributed by atoms with Crippen LogP contribution in [0.1, 0.15) is 24.0 Å². The second-order valence-electron chi connectivity index (χ2n) is 7.52. The van der Waals surface area contributed by atoms with E-state index in [9.17, 15) is 18.0 Å². The molecule has 4 rings (SSSR count). The number of fused-ring (bicyclic) bond motifs is 1. The first-order valence-corrected chi connectivity index (χ1v) is 11.2. The highest BCUT2D eigenvalue weighted by Crippen LogP contribution is 2.26. The number of hydrogen-bond acceptors (Lipinski definition) is 5. The highest BCUT2D eigenvalue weighted by molar-refractivity contribution is 7.89. The van der Waals surface area contributed by atoms with Crippen LogP contribution < -0.4 is 11.1 Å². The molecule has 0 aliphatic carbocycles. The molecule has 0 spiro atoms. The molecular formula is C21H23N3O5S. The largest absolute Gasteiger partial charge is 0.417 e. The van der Waals surface area contributed by atoms with E-state index < -0.39 is 21.7 Å². The Hall–Kier alpha value is -2.91. The number of nitrogens with zero attached hydrogens (tertiary/aromatic N) is 1. The van der Waals surface area contributed by atoms with Gasteiger partial charge < -0.3 is 9.73 Å². The lowest BCUT2D eigenvalue weighted by molar-refractivity contribution is -0.126. The van der Waals surface area contributed by atoms with Gasteiger partial charge in [-0.2, -0.15) is 4.31 Å². The third kappa shape index (κ3) is 4.03. The summed E-state index contributed by atoms with van der Waals surface area (Å²) in [4.78, 5) is 26.5. The molecule has 8 nitrogen and oxygen atoms in total. The maximum Gasteiger partial charge on any atom is 0.417 e. The number of benzene rings is 2. The standard InChI is InChI=1S/C21H23N3O5S/c1-14-5-2-3-6-15(14)12-22-20(25)16-7-4-10-24(13-16)30(27,28)17-8-9-18-19(11-17)29-21(26)23-18/h2-3,5-6,8-9,11,16H,4,7,10,12-13H2,1H3,(H,22,25)(H,23,26)/t16-/m0/s1. The molecule has 2 aromatic carbocycles. The van der Waals surface area contributed by atoms with Gasteiger partial charge in [0.05, 0.1) is 16.3 Å².